The highest BCUT2D eigenvalue weighted by atomic mass is 79.9. The zero-order valence-corrected chi connectivity index (χ0v) is 11.5. The number of halogens is 1. The van der Waals surface area contributed by atoms with E-state index in [0.717, 1.165) is 9.04 Å². The first kappa shape index (κ1) is 12.8. The quantitative estimate of drug-likeness (QED) is 0.833. The summed E-state index contributed by atoms with van der Waals surface area (Å²) in [5.74, 6) is -0.233. The number of carbonyl (C=O) groups excluding carboxylic acids is 1. The Kier molecular flexibility index (Phi) is 3.21. The van der Waals surface area contributed by atoms with E-state index in [4.69, 9.17) is 0 Å². The van der Waals surface area contributed by atoms with Crippen LogP contribution in [0, 0.1) is 0 Å². The average Bonchev–Trinajstić information content (AvgIpc) is 2.31. The third-order valence-corrected chi connectivity index (χ3v) is 3.19. The Bertz CT molecular complexity index is 758. The standard InChI is InChI=1S/C12H11BrN2O3/c1-7(16)6-15-11(17)9-5-8(13)3-4-10(9)14(2)12(15)18/h3-5H,6H2,1-2H3. The average molecular weight is 311 g/mol. The molecule has 0 spiro atoms. The van der Waals surface area contributed by atoms with Gasteiger partial charge < -0.3 is 0 Å². The molecule has 6 heteroatoms. The molecule has 0 radical (unpaired) electrons. The number of fused-ring (bicyclic) bond motifs is 1. The molecule has 0 unspecified atom stereocenters. The Morgan fingerprint density at radius 1 is 1.33 bits per heavy atom. The Morgan fingerprint density at radius 3 is 2.61 bits per heavy atom. The molecule has 0 bridgehead atoms. The number of rotatable bonds is 2. The summed E-state index contributed by atoms with van der Waals surface area (Å²) in [5.41, 5.74) is -0.373. The maximum Gasteiger partial charge on any atom is 0.331 e. The minimum Gasteiger partial charge on any atom is -0.298 e. The number of hydrogen-bond acceptors (Lipinski definition) is 3. The van der Waals surface area contributed by atoms with Crippen LogP contribution in [0.1, 0.15) is 6.92 Å². The van der Waals surface area contributed by atoms with Crippen molar-refractivity contribution in [1.29, 1.82) is 0 Å². The minimum absolute atomic E-state index is 0.200. The SMILES string of the molecule is CC(=O)Cn1c(=O)c2cc(Br)ccc2n(C)c1=O. The van der Waals surface area contributed by atoms with Crippen LogP contribution in [-0.2, 0) is 18.4 Å². The van der Waals surface area contributed by atoms with Crippen LogP contribution in [0.2, 0.25) is 0 Å². The first-order chi connectivity index (χ1) is 8.41. The fourth-order valence-electron chi connectivity index (χ4n) is 1.85. The van der Waals surface area contributed by atoms with Gasteiger partial charge in [-0.2, -0.15) is 0 Å². The number of Topliss-reactive ketones (excluding diaryl/α,β-unsaturated/α-hetero) is 1. The molecule has 2 rings (SSSR count). The van der Waals surface area contributed by atoms with Gasteiger partial charge in [0.05, 0.1) is 17.4 Å². The number of aryl methyl sites for hydroxylation is 1. The van der Waals surface area contributed by atoms with Crippen molar-refractivity contribution in [2.24, 2.45) is 7.05 Å². The lowest BCUT2D eigenvalue weighted by molar-refractivity contribution is -0.117. The number of carbonyl (C=O) groups is 1. The van der Waals surface area contributed by atoms with Gasteiger partial charge in [0.25, 0.3) is 5.56 Å². The molecule has 0 fully saturated rings. The predicted octanol–water partition coefficient (Wildman–Crippen LogP) is 1.05. The van der Waals surface area contributed by atoms with E-state index in [9.17, 15) is 14.4 Å². The maximum atomic E-state index is 12.2. The summed E-state index contributed by atoms with van der Waals surface area (Å²) in [6, 6.07) is 5.10. The number of benzene rings is 1. The van der Waals surface area contributed by atoms with Gasteiger partial charge in [0, 0.05) is 11.5 Å². The highest BCUT2D eigenvalue weighted by molar-refractivity contribution is 9.10. The Labute approximate surface area is 111 Å². The van der Waals surface area contributed by atoms with Crippen LogP contribution in [0.4, 0.5) is 0 Å². The molecule has 18 heavy (non-hydrogen) atoms. The van der Waals surface area contributed by atoms with E-state index in [1.807, 2.05) is 0 Å². The summed E-state index contributed by atoms with van der Waals surface area (Å²) in [7, 11) is 1.58. The number of hydrogen-bond donors (Lipinski definition) is 0. The van der Waals surface area contributed by atoms with Crippen LogP contribution in [0.25, 0.3) is 10.9 Å². The smallest absolute Gasteiger partial charge is 0.298 e. The van der Waals surface area contributed by atoms with E-state index in [0.29, 0.717) is 10.9 Å². The molecule has 1 aromatic carbocycles. The summed E-state index contributed by atoms with van der Waals surface area (Å²) >= 11 is 3.28. The second-order valence-electron chi connectivity index (χ2n) is 4.10. The fourth-order valence-corrected chi connectivity index (χ4v) is 2.21. The third kappa shape index (κ3) is 2.03. The number of ketones is 1. The summed E-state index contributed by atoms with van der Waals surface area (Å²) in [6.07, 6.45) is 0. The number of aromatic nitrogens is 2. The van der Waals surface area contributed by atoms with Gasteiger partial charge in [0.2, 0.25) is 0 Å². The van der Waals surface area contributed by atoms with Crippen LogP contribution < -0.4 is 11.2 Å². The Hall–Kier alpha value is -1.69. The molecule has 0 aliphatic heterocycles. The lowest BCUT2D eigenvalue weighted by Crippen LogP contribution is -2.40. The molecule has 2 aromatic rings. The Balaban J connectivity index is 2.93. The van der Waals surface area contributed by atoms with Gasteiger partial charge in [0.1, 0.15) is 5.78 Å². The van der Waals surface area contributed by atoms with Crippen molar-refractivity contribution in [2.45, 2.75) is 13.5 Å². The van der Waals surface area contributed by atoms with Gasteiger partial charge in [-0.25, -0.2) is 4.79 Å². The minimum atomic E-state index is -0.481. The van der Waals surface area contributed by atoms with Crippen LogP contribution in [-0.4, -0.2) is 14.9 Å². The fraction of sp³-hybridized carbons (Fsp3) is 0.250. The number of nitrogens with zero attached hydrogens (tertiary/aromatic N) is 2. The van der Waals surface area contributed by atoms with Gasteiger partial charge in [-0.3, -0.25) is 18.7 Å². The zero-order chi connectivity index (χ0) is 13.4. The maximum absolute atomic E-state index is 12.2. The summed E-state index contributed by atoms with van der Waals surface area (Å²) < 4.78 is 3.07. The molecule has 0 saturated heterocycles. The van der Waals surface area contributed by atoms with Crippen molar-refractivity contribution >= 4 is 32.6 Å². The molecule has 0 aliphatic carbocycles. The van der Waals surface area contributed by atoms with Gasteiger partial charge in [-0.15, -0.1) is 0 Å². The lowest BCUT2D eigenvalue weighted by Gasteiger charge is -2.09. The van der Waals surface area contributed by atoms with Crippen molar-refractivity contribution in [2.75, 3.05) is 0 Å². The molecule has 0 saturated carbocycles. The van der Waals surface area contributed by atoms with Gasteiger partial charge >= 0.3 is 5.69 Å². The predicted molar refractivity (Wildman–Crippen MR) is 71.8 cm³/mol. The molecule has 1 aromatic heterocycles. The van der Waals surface area contributed by atoms with E-state index in [1.165, 1.54) is 11.5 Å². The van der Waals surface area contributed by atoms with Crippen LogP contribution in [0.15, 0.2) is 32.3 Å². The zero-order valence-electron chi connectivity index (χ0n) is 9.94. The van der Waals surface area contributed by atoms with E-state index in [2.05, 4.69) is 15.9 Å². The van der Waals surface area contributed by atoms with E-state index >= 15 is 0 Å². The monoisotopic (exact) mass is 310 g/mol. The van der Waals surface area contributed by atoms with Crippen molar-refractivity contribution in [1.82, 2.24) is 9.13 Å². The van der Waals surface area contributed by atoms with Gasteiger partial charge in [-0.05, 0) is 25.1 Å². The molecule has 0 N–H and O–H groups in total. The van der Waals surface area contributed by atoms with Crippen LogP contribution in [0.5, 0.6) is 0 Å². The normalized spacial score (nSPS) is 10.8. The highest BCUT2D eigenvalue weighted by Crippen LogP contribution is 2.15. The van der Waals surface area contributed by atoms with Crippen molar-refractivity contribution in [3.63, 3.8) is 0 Å². The molecular weight excluding hydrogens is 300 g/mol. The first-order valence-electron chi connectivity index (χ1n) is 5.30. The molecular formula is C12H11BrN2O3. The van der Waals surface area contributed by atoms with Crippen LogP contribution in [0.3, 0.4) is 0 Å². The largest absolute Gasteiger partial charge is 0.331 e. The first-order valence-corrected chi connectivity index (χ1v) is 6.09. The topological polar surface area (TPSA) is 61.1 Å². The van der Waals surface area contributed by atoms with Gasteiger partial charge in [0.15, 0.2) is 0 Å². The summed E-state index contributed by atoms with van der Waals surface area (Å²) in [5, 5.41) is 0.410. The molecule has 1 heterocycles. The lowest BCUT2D eigenvalue weighted by atomic mass is 10.2. The molecule has 94 valence electrons. The summed E-state index contributed by atoms with van der Waals surface area (Å²) in [4.78, 5) is 35.3. The summed E-state index contributed by atoms with van der Waals surface area (Å²) in [6.45, 7) is 1.14. The molecule has 5 nitrogen and oxygen atoms in total. The van der Waals surface area contributed by atoms with Crippen molar-refractivity contribution in [3.8, 4) is 0 Å². The Morgan fingerprint density at radius 2 is 2.00 bits per heavy atom. The van der Waals surface area contributed by atoms with E-state index < -0.39 is 11.2 Å². The van der Waals surface area contributed by atoms with Crippen LogP contribution >= 0.6 is 15.9 Å². The van der Waals surface area contributed by atoms with Crippen molar-refractivity contribution < 1.29 is 4.79 Å². The molecule has 0 atom stereocenters. The van der Waals surface area contributed by atoms with Crippen molar-refractivity contribution in [3.05, 3.63) is 43.5 Å². The molecule has 0 aliphatic rings. The third-order valence-electron chi connectivity index (χ3n) is 2.69. The molecule has 0 amide bonds. The highest BCUT2D eigenvalue weighted by Gasteiger charge is 2.12. The second kappa shape index (κ2) is 4.53. The van der Waals surface area contributed by atoms with E-state index in [-0.39, 0.29) is 12.3 Å². The van der Waals surface area contributed by atoms with Gasteiger partial charge in [-0.1, -0.05) is 15.9 Å². The second-order valence-corrected chi connectivity index (χ2v) is 5.01. The van der Waals surface area contributed by atoms with E-state index in [1.54, 1.807) is 25.2 Å².